The minimum Gasteiger partial charge on any atom is -0.454 e. The van der Waals surface area contributed by atoms with Crippen LogP contribution in [0.4, 0.5) is 0 Å². The molecule has 0 aliphatic carbocycles. The predicted molar refractivity (Wildman–Crippen MR) is 71.9 cm³/mol. The molecule has 2 aliphatic rings. The molecule has 19 heavy (non-hydrogen) atoms. The Kier molecular flexibility index (Phi) is 4.13. The van der Waals surface area contributed by atoms with Crippen molar-refractivity contribution in [3.63, 3.8) is 0 Å². The molecule has 0 N–H and O–H groups in total. The van der Waals surface area contributed by atoms with Gasteiger partial charge in [-0.05, 0) is 24.3 Å². The molecule has 2 aromatic rings. The van der Waals surface area contributed by atoms with E-state index in [0.717, 1.165) is 23.0 Å². The Morgan fingerprint density at radius 2 is 0.789 bits per heavy atom. The molecule has 2 heterocycles. The maximum Gasteiger partial charge on any atom is 0.231 e. The second kappa shape index (κ2) is 6.00. The zero-order chi connectivity index (χ0) is 12.2. The van der Waals surface area contributed by atoms with Crippen LogP contribution in [0, 0.1) is 0 Å². The number of hydrogen-bond donors (Lipinski definition) is 0. The minimum atomic E-state index is 0. The highest BCUT2D eigenvalue weighted by atomic mass is 16.7. The van der Waals surface area contributed by atoms with Gasteiger partial charge in [-0.1, -0.05) is 31.7 Å². The molecule has 0 saturated heterocycles. The van der Waals surface area contributed by atoms with E-state index in [1.807, 2.05) is 48.5 Å². The fourth-order valence-electron chi connectivity index (χ4n) is 1.69. The second-order valence-corrected chi connectivity index (χ2v) is 3.71. The van der Waals surface area contributed by atoms with E-state index in [-0.39, 0.29) is 7.43 Å². The third-order valence-electron chi connectivity index (χ3n) is 2.56. The molecule has 4 rings (SSSR count). The Bertz CT molecular complexity index is 444. The number of benzene rings is 2. The minimum absolute atomic E-state index is 0. The molecular weight excluding hydrogens is 244 g/mol. The van der Waals surface area contributed by atoms with Crippen molar-refractivity contribution >= 4 is 0 Å². The monoisotopic (exact) mass is 260 g/mol. The Hall–Kier alpha value is -2.36. The van der Waals surface area contributed by atoms with Crippen molar-refractivity contribution < 1.29 is 18.9 Å². The lowest BCUT2D eigenvalue weighted by atomic mass is 10.3. The summed E-state index contributed by atoms with van der Waals surface area (Å²) in [5.41, 5.74) is 0. The Morgan fingerprint density at radius 3 is 1.05 bits per heavy atom. The lowest BCUT2D eigenvalue weighted by molar-refractivity contribution is 0.173. The number of para-hydroxylation sites is 4. The maximum absolute atomic E-state index is 5.08. The molecular formula is C15H16O4. The van der Waals surface area contributed by atoms with Crippen LogP contribution in [0.2, 0.25) is 0 Å². The van der Waals surface area contributed by atoms with Gasteiger partial charge in [-0.25, -0.2) is 0 Å². The highest BCUT2D eigenvalue weighted by Gasteiger charge is 2.10. The summed E-state index contributed by atoms with van der Waals surface area (Å²) in [6, 6.07) is 15.3. The third-order valence-corrected chi connectivity index (χ3v) is 2.56. The zero-order valence-electron chi connectivity index (χ0n) is 9.67. The maximum atomic E-state index is 5.08. The first-order chi connectivity index (χ1) is 8.93. The van der Waals surface area contributed by atoms with Crippen LogP contribution in [0.3, 0.4) is 0 Å². The molecule has 0 aromatic heterocycles. The van der Waals surface area contributed by atoms with E-state index in [1.54, 1.807) is 0 Å². The molecule has 0 unspecified atom stereocenters. The van der Waals surface area contributed by atoms with Gasteiger partial charge >= 0.3 is 0 Å². The summed E-state index contributed by atoms with van der Waals surface area (Å²) in [6.07, 6.45) is 0. The summed E-state index contributed by atoms with van der Waals surface area (Å²) in [7, 11) is 0. The van der Waals surface area contributed by atoms with Crippen LogP contribution in [-0.4, -0.2) is 13.6 Å². The number of rotatable bonds is 0. The van der Waals surface area contributed by atoms with E-state index in [0.29, 0.717) is 13.6 Å². The lowest BCUT2D eigenvalue weighted by Gasteiger charge is -1.89. The van der Waals surface area contributed by atoms with Gasteiger partial charge in [-0.15, -0.1) is 0 Å². The van der Waals surface area contributed by atoms with Gasteiger partial charge in [0.2, 0.25) is 13.6 Å². The van der Waals surface area contributed by atoms with Crippen LogP contribution in [0.5, 0.6) is 23.0 Å². The van der Waals surface area contributed by atoms with Gasteiger partial charge in [-0.3, -0.25) is 0 Å². The van der Waals surface area contributed by atoms with Crippen molar-refractivity contribution in [1.29, 1.82) is 0 Å². The second-order valence-electron chi connectivity index (χ2n) is 3.71. The van der Waals surface area contributed by atoms with E-state index >= 15 is 0 Å². The molecule has 0 bridgehead atoms. The molecule has 0 saturated carbocycles. The molecule has 0 fully saturated rings. The van der Waals surface area contributed by atoms with E-state index in [2.05, 4.69) is 0 Å². The van der Waals surface area contributed by atoms with Gasteiger partial charge in [0.1, 0.15) is 0 Å². The summed E-state index contributed by atoms with van der Waals surface area (Å²) in [5, 5.41) is 0. The fraction of sp³-hybridized carbons (Fsp3) is 0.200. The molecule has 2 aromatic carbocycles. The van der Waals surface area contributed by atoms with Gasteiger partial charge in [0, 0.05) is 0 Å². The van der Waals surface area contributed by atoms with Crippen molar-refractivity contribution in [2.24, 2.45) is 0 Å². The molecule has 4 nitrogen and oxygen atoms in total. The van der Waals surface area contributed by atoms with Crippen LogP contribution in [0.25, 0.3) is 0 Å². The van der Waals surface area contributed by atoms with Crippen LogP contribution in [0.15, 0.2) is 48.5 Å². The Labute approximate surface area is 112 Å². The first-order valence-electron chi connectivity index (χ1n) is 5.63. The topological polar surface area (TPSA) is 36.9 Å². The van der Waals surface area contributed by atoms with Gasteiger partial charge < -0.3 is 18.9 Å². The Morgan fingerprint density at radius 1 is 0.526 bits per heavy atom. The van der Waals surface area contributed by atoms with Crippen LogP contribution >= 0.6 is 0 Å². The van der Waals surface area contributed by atoms with Crippen molar-refractivity contribution in [2.45, 2.75) is 7.43 Å². The third kappa shape index (κ3) is 2.91. The van der Waals surface area contributed by atoms with E-state index in [4.69, 9.17) is 18.9 Å². The molecule has 0 atom stereocenters. The first-order valence-corrected chi connectivity index (χ1v) is 5.63. The summed E-state index contributed by atoms with van der Waals surface area (Å²) in [4.78, 5) is 0. The van der Waals surface area contributed by atoms with Gasteiger partial charge in [0.05, 0.1) is 0 Å². The SMILES string of the molecule is C.c1ccc2c(c1)OCO2.c1ccc2c(c1)OCO2. The quantitative estimate of drug-likeness (QED) is 0.726. The molecule has 0 spiro atoms. The normalized spacial score (nSPS) is 13.1. The van der Waals surface area contributed by atoms with Gasteiger partial charge in [-0.2, -0.15) is 0 Å². The smallest absolute Gasteiger partial charge is 0.231 e. The predicted octanol–water partition coefficient (Wildman–Crippen LogP) is 3.47. The number of ether oxygens (including phenoxy) is 4. The summed E-state index contributed by atoms with van der Waals surface area (Å²) >= 11 is 0. The number of fused-ring (bicyclic) bond motifs is 2. The Balaban J connectivity index is 0.000000133. The summed E-state index contributed by atoms with van der Waals surface area (Å²) < 4.78 is 20.3. The van der Waals surface area contributed by atoms with E-state index in [1.165, 1.54) is 0 Å². The first kappa shape index (κ1) is 13.1. The van der Waals surface area contributed by atoms with Crippen LogP contribution < -0.4 is 18.9 Å². The van der Waals surface area contributed by atoms with Crippen molar-refractivity contribution in [2.75, 3.05) is 13.6 Å². The average Bonchev–Trinajstić information content (AvgIpc) is 3.08. The molecule has 100 valence electrons. The van der Waals surface area contributed by atoms with Crippen LogP contribution in [0.1, 0.15) is 7.43 Å². The lowest BCUT2D eigenvalue weighted by Crippen LogP contribution is -1.92. The molecule has 0 amide bonds. The molecule has 0 radical (unpaired) electrons. The highest BCUT2D eigenvalue weighted by molar-refractivity contribution is 5.41. The van der Waals surface area contributed by atoms with Crippen molar-refractivity contribution in [1.82, 2.24) is 0 Å². The average molecular weight is 260 g/mol. The van der Waals surface area contributed by atoms with Gasteiger partial charge in [0.15, 0.2) is 23.0 Å². The summed E-state index contributed by atoms with van der Waals surface area (Å²) in [5.74, 6) is 3.38. The zero-order valence-corrected chi connectivity index (χ0v) is 9.67. The van der Waals surface area contributed by atoms with Crippen molar-refractivity contribution in [3.05, 3.63) is 48.5 Å². The summed E-state index contributed by atoms with van der Waals surface area (Å²) in [6.45, 7) is 0.721. The molecule has 4 heteroatoms. The number of hydrogen-bond acceptors (Lipinski definition) is 4. The van der Waals surface area contributed by atoms with Crippen LogP contribution in [-0.2, 0) is 0 Å². The van der Waals surface area contributed by atoms with E-state index < -0.39 is 0 Å². The highest BCUT2D eigenvalue weighted by Crippen LogP contribution is 2.30. The van der Waals surface area contributed by atoms with Gasteiger partial charge in [0.25, 0.3) is 0 Å². The largest absolute Gasteiger partial charge is 0.454 e. The fourth-order valence-corrected chi connectivity index (χ4v) is 1.69. The van der Waals surface area contributed by atoms with Crippen molar-refractivity contribution in [3.8, 4) is 23.0 Å². The standard InChI is InChI=1S/2C7H6O2.CH4/c2*1-2-4-7-6(3-1)8-5-9-7;/h2*1-4H,5H2;1H4. The molecule has 2 aliphatic heterocycles. The van der Waals surface area contributed by atoms with E-state index in [9.17, 15) is 0 Å².